The van der Waals surface area contributed by atoms with Crippen LogP contribution in [0.5, 0.6) is 0 Å². The molecule has 0 saturated heterocycles. The summed E-state index contributed by atoms with van der Waals surface area (Å²) in [5.41, 5.74) is 1.56. The summed E-state index contributed by atoms with van der Waals surface area (Å²) in [5, 5.41) is 4.19. The van der Waals surface area contributed by atoms with E-state index in [4.69, 9.17) is 0 Å². The Bertz CT molecular complexity index is 1280. The molecule has 0 amide bonds. The predicted molar refractivity (Wildman–Crippen MR) is 94.0 cm³/mol. The van der Waals surface area contributed by atoms with Crippen LogP contribution in [0.4, 0.5) is 4.39 Å². The monoisotopic (exact) mass is 364 g/mol. The van der Waals surface area contributed by atoms with Crippen molar-refractivity contribution in [1.29, 1.82) is 0 Å². The molecule has 0 spiro atoms. The van der Waals surface area contributed by atoms with E-state index in [0.717, 1.165) is 28.3 Å². The molecule has 5 rings (SSSR count). The fraction of sp³-hybridized carbons (Fsp3) is 0.167. The van der Waals surface area contributed by atoms with Crippen LogP contribution in [0.2, 0.25) is 0 Å². The summed E-state index contributed by atoms with van der Waals surface area (Å²) in [6.07, 6.45) is 6.80. The van der Waals surface area contributed by atoms with Gasteiger partial charge in [0.2, 0.25) is 5.95 Å². The molecule has 0 aromatic carbocycles. The second kappa shape index (κ2) is 5.70. The van der Waals surface area contributed by atoms with Crippen LogP contribution >= 0.6 is 0 Å². The molecule has 8 nitrogen and oxygen atoms in total. The number of aromatic amines is 2. The lowest BCUT2D eigenvalue weighted by atomic mass is 10.1. The number of hydrogen-bond acceptors (Lipinski definition) is 5. The summed E-state index contributed by atoms with van der Waals surface area (Å²) in [6.45, 7) is 0. The number of rotatable bonds is 3. The van der Waals surface area contributed by atoms with Crippen molar-refractivity contribution in [2.75, 3.05) is 0 Å². The van der Waals surface area contributed by atoms with E-state index in [0.29, 0.717) is 5.65 Å². The number of fused-ring (bicyclic) bond motifs is 1. The lowest BCUT2D eigenvalue weighted by Crippen LogP contribution is -2.23. The van der Waals surface area contributed by atoms with Crippen molar-refractivity contribution in [3.8, 4) is 11.3 Å². The Morgan fingerprint density at radius 2 is 2.11 bits per heavy atom. The minimum absolute atomic E-state index is 0.127. The zero-order valence-corrected chi connectivity index (χ0v) is 13.9. The van der Waals surface area contributed by atoms with Crippen LogP contribution in [0.1, 0.15) is 29.4 Å². The van der Waals surface area contributed by atoms with E-state index in [1.54, 1.807) is 12.3 Å². The molecule has 0 aliphatic heterocycles. The number of imidazole rings is 1. The molecule has 2 N–H and O–H groups in total. The van der Waals surface area contributed by atoms with Gasteiger partial charge in [0.05, 0.1) is 17.5 Å². The highest BCUT2D eigenvalue weighted by molar-refractivity contribution is 5.63. The van der Waals surface area contributed by atoms with Gasteiger partial charge in [0, 0.05) is 24.2 Å². The Labute approximate surface area is 150 Å². The summed E-state index contributed by atoms with van der Waals surface area (Å²) in [4.78, 5) is 36.3. The van der Waals surface area contributed by atoms with Gasteiger partial charge in [-0.15, -0.1) is 0 Å². The van der Waals surface area contributed by atoms with Crippen molar-refractivity contribution in [1.82, 2.24) is 29.5 Å². The molecule has 134 valence electrons. The van der Waals surface area contributed by atoms with Crippen LogP contribution in [-0.4, -0.2) is 29.5 Å². The Morgan fingerprint density at radius 1 is 1.22 bits per heavy atom. The van der Waals surface area contributed by atoms with Crippen molar-refractivity contribution < 1.29 is 4.39 Å². The Kier molecular flexibility index (Phi) is 3.30. The minimum Gasteiger partial charge on any atom is -0.313 e. The molecule has 4 aromatic heterocycles. The molecule has 4 heterocycles. The summed E-state index contributed by atoms with van der Waals surface area (Å²) < 4.78 is 15.3. The van der Waals surface area contributed by atoms with Crippen LogP contribution in [-0.2, 0) is 0 Å². The van der Waals surface area contributed by atoms with Gasteiger partial charge in [0.15, 0.2) is 5.65 Å². The zero-order valence-electron chi connectivity index (χ0n) is 13.9. The SMILES string of the molecule is O=c1[nH]cc(-c2cc([C@H]3C[C@@H]3c3cccnc3)c3ncc(F)n3n2)c(=O)[nH]1. The van der Waals surface area contributed by atoms with E-state index in [-0.39, 0.29) is 23.1 Å². The van der Waals surface area contributed by atoms with E-state index in [9.17, 15) is 14.0 Å². The molecular formula is C18H13FN6O2. The number of halogens is 1. The number of nitrogens with one attached hydrogen (secondary N) is 2. The van der Waals surface area contributed by atoms with E-state index in [1.807, 2.05) is 18.3 Å². The zero-order chi connectivity index (χ0) is 18.5. The molecule has 4 aromatic rings. The molecule has 27 heavy (non-hydrogen) atoms. The second-order valence-electron chi connectivity index (χ2n) is 6.52. The van der Waals surface area contributed by atoms with Crippen molar-refractivity contribution >= 4 is 5.65 Å². The first-order valence-electron chi connectivity index (χ1n) is 8.38. The van der Waals surface area contributed by atoms with Gasteiger partial charge in [0.1, 0.15) is 0 Å². The largest absolute Gasteiger partial charge is 0.325 e. The van der Waals surface area contributed by atoms with Crippen LogP contribution in [0.3, 0.4) is 0 Å². The highest BCUT2D eigenvalue weighted by Crippen LogP contribution is 2.55. The number of hydrogen-bond donors (Lipinski definition) is 2. The van der Waals surface area contributed by atoms with Gasteiger partial charge in [-0.2, -0.15) is 14.0 Å². The molecule has 1 saturated carbocycles. The van der Waals surface area contributed by atoms with E-state index in [2.05, 4.69) is 25.0 Å². The number of aromatic nitrogens is 6. The summed E-state index contributed by atoms with van der Waals surface area (Å²) in [6, 6.07) is 5.63. The van der Waals surface area contributed by atoms with Crippen molar-refractivity contribution in [2.45, 2.75) is 18.3 Å². The standard InChI is InChI=1S/C18H13FN6O2/c19-15-8-21-16-12(11-4-10(11)9-2-1-3-20-6-9)5-14(24-25(15)16)13-7-22-18(27)23-17(13)26/h1-3,5-8,10-11H,4H2,(H2,22,23,26,27)/t10-,11+/m1/s1. The minimum atomic E-state index is -0.618. The van der Waals surface area contributed by atoms with Gasteiger partial charge in [0.25, 0.3) is 5.56 Å². The lowest BCUT2D eigenvalue weighted by Gasteiger charge is -2.07. The van der Waals surface area contributed by atoms with Gasteiger partial charge in [-0.1, -0.05) is 6.07 Å². The highest BCUT2D eigenvalue weighted by Gasteiger charge is 2.41. The lowest BCUT2D eigenvalue weighted by molar-refractivity contribution is 0.549. The number of nitrogens with zero attached hydrogens (tertiary/aromatic N) is 4. The van der Waals surface area contributed by atoms with Crippen LogP contribution in [0.15, 0.2) is 52.6 Å². The normalized spacial score (nSPS) is 18.7. The van der Waals surface area contributed by atoms with Crippen LogP contribution in [0, 0.1) is 5.95 Å². The average molecular weight is 364 g/mol. The highest BCUT2D eigenvalue weighted by atomic mass is 19.1. The van der Waals surface area contributed by atoms with Crippen molar-refractivity contribution in [2.24, 2.45) is 0 Å². The molecule has 1 aliphatic rings. The maximum absolute atomic E-state index is 14.2. The van der Waals surface area contributed by atoms with Gasteiger partial charge >= 0.3 is 5.69 Å². The average Bonchev–Trinajstić information content (AvgIpc) is 3.39. The Hall–Kier alpha value is -3.62. The van der Waals surface area contributed by atoms with Crippen LogP contribution < -0.4 is 11.2 Å². The van der Waals surface area contributed by atoms with Gasteiger partial charge in [-0.3, -0.25) is 14.8 Å². The molecule has 2 atom stereocenters. The number of pyridine rings is 1. The van der Waals surface area contributed by atoms with Crippen molar-refractivity contribution in [3.63, 3.8) is 0 Å². The summed E-state index contributed by atoms with van der Waals surface area (Å²) in [5.74, 6) is -0.235. The second-order valence-corrected chi connectivity index (χ2v) is 6.52. The molecule has 9 heteroatoms. The fourth-order valence-electron chi connectivity index (χ4n) is 3.47. The predicted octanol–water partition coefficient (Wildman–Crippen LogP) is 1.58. The smallest absolute Gasteiger partial charge is 0.313 e. The number of H-pyrrole nitrogens is 2. The maximum Gasteiger partial charge on any atom is 0.325 e. The third kappa shape index (κ3) is 2.55. The molecule has 0 bridgehead atoms. The maximum atomic E-state index is 14.2. The quantitative estimate of drug-likeness (QED) is 0.574. The fourth-order valence-corrected chi connectivity index (χ4v) is 3.47. The first-order chi connectivity index (χ1) is 13.1. The van der Waals surface area contributed by atoms with Gasteiger partial charge < -0.3 is 4.98 Å². The molecule has 1 aliphatic carbocycles. The third-order valence-corrected chi connectivity index (χ3v) is 4.85. The molecule has 0 unspecified atom stereocenters. The first-order valence-corrected chi connectivity index (χ1v) is 8.38. The molecular weight excluding hydrogens is 351 g/mol. The van der Waals surface area contributed by atoms with Crippen LogP contribution in [0.25, 0.3) is 16.9 Å². The van der Waals surface area contributed by atoms with E-state index in [1.165, 1.54) is 6.20 Å². The van der Waals surface area contributed by atoms with E-state index < -0.39 is 17.2 Å². The topological polar surface area (TPSA) is 109 Å². The molecule has 0 radical (unpaired) electrons. The van der Waals surface area contributed by atoms with Gasteiger partial charge in [-0.25, -0.2) is 9.78 Å². The summed E-state index contributed by atoms with van der Waals surface area (Å²) >= 11 is 0. The van der Waals surface area contributed by atoms with Crippen molar-refractivity contribution in [3.05, 3.63) is 80.9 Å². The summed E-state index contributed by atoms with van der Waals surface area (Å²) in [7, 11) is 0. The Balaban J connectivity index is 1.66. The third-order valence-electron chi connectivity index (χ3n) is 4.85. The van der Waals surface area contributed by atoms with Gasteiger partial charge in [-0.05, 0) is 36.0 Å². The van der Waals surface area contributed by atoms with E-state index >= 15 is 0 Å². The first kappa shape index (κ1) is 15.6. The Morgan fingerprint density at radius 3 is 2.89 bits per heavy atom. The molecule has 1 fully saturated rings.